The van der Waals surface area contributed by atoms with Gasteiger partial charge in [-0.1, -0.05) is 17.7 Å². The molecule has 0 aliphatic heterocycles. The van der Waals surface area contributed by atoms with Crippen LogP contribution in [-0.2, 0) is 4.79 Å². The van der Waals surface area contributed by atoms with E-state index in [1.807, 2.05) is 31.2 Å². The monoisotopic (exact) mass is 181 g/mol. The highest BCUT2D eigenvalue weighted by Gasteiger charge is 1.91. The molecule has 1 aromatic carbocycles. The van der Waals surface area contributed by atoms with Gasteiger partial charge in [0.1, 0.15) is 6.29 Å². The van der Waals surface area contributed by atoms with Gasteiger partial charge in [-0.15, -0.1) is 0 Å². The minimum absolute atomic E-state index is 0.387. The van der Waals surface area contributed by atoms with Gasteiger partial charge in [-0.3, -0.25) is 4.72 Å². The second-order valence-corrected chi connectivity index (χ2v) is 3.39. The smallest absolute Gasteiger partial charge is 0.134 e. The number of aldehydes is 1. The maximum atomic E-state index is 9.97. The molecule has 1 rings (SSSR count). The van der Waals surface area contributed by atoms with Crippen LogP contribution in [0.15, 0.2) is 29.2 Å². The summed E-state index contributed by atoms with van der Waals surface area (Å²) < 4.78 is 2.92. The van der Waals surface area contributed by atoms with Crippen molar-refractivity contribution in [3.63, 3.8) is 0 Å². The Kier molecular flexibility index (Phi) is 3.84. The molecular formula is C9H11NOS. The van der Waals surface area contributed by atoms with E-state index in [0.717, 1.165) is 11.2 Å². The first-order valence-electron chi connectivity index (χ1n) is 3.73. The lowest BCUT2D eigenvalue weighted by Crippen LogP contribution is -2.05. The van der Waals surface area contributed by atoms with Gasteiger partial charge in [-0.05, 0) is 31.0 Å². The van der Waals surface area contributed by atoms with Gasteiger partial charge in [0.15, 0.2) is 0 Å². The van der Waals surface area contributed by atoms with Gasteiger partial charge in [-0.25, -0.2) is 0 Å². The molecule has 1 aromatic rings. The van der Waals surface area contributed by atoms with E-state index in [1.165, 1.54) is 17.5 Å². The molecule has 0 saturated carbocycles. The highest BCUT2D eigenvalue weighted by atomic mass is 32.2. The van der Waals surface area contributed by atoms with E-state index in [4.69, 9.17) is 0 Å². The summed E-state index contributed by atoms with van der Waals surface area (Å²) in [6.45, 7) is 2.44. The molecule has 0 saturated heterocycles. The molecule has 0 atom stereocenters. The van der Waals surface area contributed by atoms with Crippen LogP contribution in [0.1, 0.15) is 5.56 Å². The average Bonchev–Trinajstić information content (AvgIpc) is 2.09. The highest BCUT2D eigenvalue weighted by molar-refractivity contribution is 7.97. The van der Waals surface area contributed by atoms with Crippen molar-refractivity contribution < 1.29 is 4.79 Å². The van der Waals surface area contributed by atoms with E-state index < -0.39 is 0 Å². The van der Waals surface area contributed by atoms with Crippen LogP contribution in [0.25, 0.3) is 0 Å². The fourth-order valence-electron chi connectivity index (χ4n) is 0.765. The first-order valence-corrected chi connectivity index (χ1v) is 4.54. The third-order valence-electron chi connectivity index (χ3n) is 1.38. The lowest BCUT2D eigenvalue weighted by molar-refractivity contribution is -0.106. The van der Waals surface area contributed by atoms with Gasteiger partial charge >= 0.3 is 0 Å². The minimum Gasteiger partial charge on any atom is -0.302 e. The quantitative estimate of drug-likeness (QED) is 0.436. The number of hydrogen-bond donors (Lipinski definition) is 1. The summed E-state index contributed by atoms with van der Waals surface area (Å²) in [7, 11) is 0. The standard InChI is InChI=1S/C9H11NOS/c1-8-2-4-9(5-3-8)12-10-6-7-11/h2-5,7,10H,6H2,1H3. The number of nitrogens with one attached hydrogen (secondary N) is 1. The summed E-state index contributed by atoms with van der Waals surface area (Å²) in [4.78, 5) is 11.1. The van der Waals surface area contributed by atoms with Crippen LogP contribution in [0.5, 0.6) is 0 Å². The van der Waals surface area contributed by atoms with Crippen molar-refractivity contribution in [1.29, 1.82) is 0 Å². The Morgan fingerprint density at radius 1 is 1.42 bits per heavy atom. The summed E-state index contributed by atoms with van der Waals surface area (Å²) in [5.41, 5.74) is 1.25. The summed E-state index contributed by atoms with van der Waals surface area (Å²) in [5.74, 6) is 0. The number of aryl methyl sites for hydroxylation is 1. The summed E-state index contributed by atoms with van der Waals surface area (Å²) in [5, 5.41) is 0. The lowest BCUT2D eigenvalue weighted by atomic mass is 10.2. The van der Waals surface area contributed by atoms with E-state index >= 15 is 0 Å². The molecule has 0 aromatic heterocycles. The third kappa shape index (κ3) is 3.07. The molecule has 0 amide bonds. The molecule has 12 heavy (non-hydrogen) atoms. The van der Waals surface area contributed by atoms with Crippen LogP contribution in [0, 0.1) is 6.92 Å². The molecule has 0 radical (unpaired) electrons. The van der Waals surface area contributed by atoms with Crippen LogP contribution in [-0.4, -0.2) is 12.8 Å². The largest absolute Gasteiger partial charge is 0.302 e. The summed E-state index contributed by atoms with van der Waals surface area (Å²) >= 11 is 1.47. The zero-order chi connectivity index (χ0) is 8.81. The Hall–Kier alpha value is -0.800. The first-order chi connectivity index (χ1) is 5.83. The van der Waals surface area contributed by atoms with E-state index in [-0.39, 0.29) is 0 Å². The van der Waals surface area contributed by atoms with E-state index in [0.29, 0.717) is 6.54 Å². The molecule has 0 bridgehead atoms. The molecule has 0 aliphatic carbocycles. The van der Waals surface area contributed by atoms with Crippen LogP contribution < -0.4 is 4.72 Å². The molecule has 0 aliphatic rings. The van der Waals surface area contributed by atoms with Crippen LogP contribution in [0.2, 0.25) is 0 Å². The molecule has 0 fully saturated rings. The first kappa shape index (κ1) is 9.29. The third-order valence-corrected chi connectivity index (χ3v) is 2.20. The maximum absolute atomic E-state index is 9.97. The Balaban J connectivity index is 2.42. The lowest BCUT2D eigenvalue weighted by Gasteiger charge is -1.99. The predicted octanol–water partition coefficient (Wildman–Crippen LogP) is 1.79. The van der Waals surface area contributed by atoms with Gasteiger partial charge in [0.2, 0.25) is 0 Å². The maximum Gasteiger partial charge on any atom is 0.134 e. The SMILES string of the molecule is Cc1ccc(SNCC=O)cc1. The topological polar surface area (TPSA) is 29.1 Å². The molecule has 0 spiro atoms. The Morgan fingerprint density at radius 2 is 2.08 bits per heavy atom. The van der Waals surface area contributed by atoms with Crippen molar-refractivity contribution in [1.82, 2.24) is 4.72 Å². The minimum atomic E-state index is 0.387. The van der Waals surface area contributed by atoms with Crippen LogP contribution in [0.3, 0.4) is 0 Å². The second kappa shape index (κ2) is 4.95. The van der Waals surface area contributed by atoms with Gasteiger partial charge < -0.3 is 4.79 Å². The Bertz CT molecular complexity index is 245. The van der Waals surface area contributed by atoms with E-state index in [1.54, 1.807) is 0 Å². The average molecular weight is 181 g/mol. The molecule has 0 heterocycles. The molecule has 0 unspecified atom stereocenters. The van der Waals surface area contributed by atoms with Crippen molar-refractivity contribution in [3.8, 4) is 0 Å². The van der Waals surface area contributed by atoms with Gasteiger partial charge in [0.05, 0.1) is 6.54 Å². The summed E-state index contributed by atoms with van der Waals surface area (Å²) in [6, 6.07) is 8.14. The predicted molar refractivity (Wildman–Crippen MR) is 51.1 cm³/mol. The van der Waals surface area contributed by atoms with Crippen molar-refractivity contribution in [2.75, 3.05) is 6.54 Å². The van der Waals surface area contributed by atoms with E-state index in [9.17, 15) is 4.79 Å². The second-order valence-electron chi connectivity index (χ2n) is 2.43. The molecular weight excluding hydrogens is 170 g/mol. The van der Waals surface area contributed by atoms with Crippen molar-refractivity contribution in [2.24, 2.45) is 0 Å². The number of carbonyl (C=O) groups excluding carboxylic acids is 1. The molecule has 1 N–H and O–H groups in total. The Morgan fingerprint density at radius 3 is 2.67 bits per heavy atom. The Labute approximate surface area is 76.5 Å². The van der Waals surface area contributed by atoms with Gasteiger partial charge in [-0.2, -0.15) is 0 Å². The molecule has 3 heteroatoms. The molecule has 2 nitrogen and oxygen atoms in total. The number of rotatable bonds is 4. The number of hydrogen-bond acceptors (Lipinski definition) is 3. The van der Waals surface area contributed by atoms with Crippen LogP contribution >= 0.6 is 11.9 Å². The zero-order valence-electron chi connectivity index (χ0n) is 6.91. The fourth-order valence-corrected chi connectivity index (χ4v) is 1.36. The van der Waals surface area contributed by atoms with Crippen molar-refractivity contribution in [2.45, 2.75) is 11.8 Å². The van der Waals surface area contributed by atoms with E-state index in [2.05, 4.69) is 4.72 Å². The zero-order valence-corrected chi connectivity index (χ0v) is 7.73. The number of carbonyl (C=O) groups is 1. The summed E-state index contributed by atoms with van der Waals surface area (Å²) in [6.07, 6.45) is 0.848. The van der Waals surface area contributed by atoms with Gasteiger partial charge in [0, 0.05) is 4.90 Å². The van der Waals surface area contributed by atoms with Crippen LogP contribution in [0.4, 0.5) is 0 Å². The van der Waals surface area contributed by atoms with Crippen molar-refractivity contribution in [3.05, 3.63) is 29.8 Å². The van der Waals surface area contributed by atoms with Crippen molar-refractivity contribution >= 4 is 18.2 Å². The van der Waals surface area contributed by atoms with Gasteiger partial charge in [0.25, 0.3) is 0 Å². The fraction of sp³-hybridized carbons (Fsp3) is 0.222. The normalized spacial score (nSPS) is 9.75. The highest BCUT2D eigenvalue weighted by Crippen LogP contribution is 2.13. The molecule has 64 valence electrons. The number of benzene rings is 1.